The molecule has 0 aliphatic heterocycles. The van der Waals surface area contributed by atoms with E-state index in [0.717, 1.165) is 18.2 Å². The average Bonchev–Trinajstić information content (AvgIpc) is 2.26. The molecule has 1 aromatic rings. The number of carbonyl (C=O) groups excluding carboxylic acids is 1. The lowest BCUT2D eigenvalue weighted by Gasteiger charge is -2.26. The number of halogens is 1. The molecule has 0 aliphatic rings. The first-order valence-electron chi connectivity index (χ1n) is 5.81. The molecule has 1 aromatic carbocycles. The van der Waals surface area contributed by atoms with Crippen molar-refractivity contribution in [1.29, 1.82) is 0 Å². The van der Waals surface area contributed by atoms with Crippen molar-refractivity contribution in [1.82, 2.24) is 4.90 Å². The van der Waals surface area contributed by atoms with Crippen LogP contribution >= 0.6 is 0 Å². The Balaban J connectivity index is 3.05. The van der Waals surface area contributed by atoms with E-state index in [9.17, 15) is 19.3 Å². The summed E-state index contributed by atoms with van der Waals surface area (Å²) in [5, 5.41) is 10.6. The van der Waals surface area contributed by atoms with Crippen molar-refractivity contribution < 1.29 is 14.1 Å². The van der Waals surface area contributed by atoms with Gasteiger partial charge in [0.2, 0.25) is 0 Å². The maximum absolute atomic E-state index is 13.6. The largest absolute Gasteiger partial charge is 0.341 e. The zero-order valence-electron chi connectivity index (χ0n) is 11.4. The number of nitro benzene ring substituents is 1. The minimum atomic E-state index is -0.753. The maximum Gasteiger partial charge on any atom is 0.270 e. The van der Waals surface area contributed by atoms with Gasteiger partial charge in [-0.15, -0.1) is 0 Å². The summed E-state index contributed by atoms with van der Waals surface area (Å²) in [6.07, 6.45) is 0. The van der Waals surface area contributed by atoms with Gasteiger partial charge < -0.3 is 4.90 Å². The molecule has 0 unspecified atom stereocenters. The predicted octanol–water partition coefficient (Wildman–Crippen LogP) is 2.85. The van der Waals surface area contributed by atoms with Crippen LogP contribution in [0, 0.1) is 21.3 Å². The molecule has 0 aromatic heterocycles. The molecule has 0 radical (unpaired) electrons. The van der Waals surface area contributed by atoms with Crippen molar-refractivity contribution in [3.05, 3.63) is 39.7 Å². The van der Waals surface area contributed by atoms with Gasteiger partial charge in [-0.2, -0.15) is 0 Å². The second-order valence-electron chi connectivity index (χ2n) is 5.64. The van der Waals surface area contributed by atoms with Crippen LogP contribution in [-0.4, -0.2) is 29.3 Å². The quantitative estimate of drug-likeness (QED) is 0.625. The van der Waals surface area contributed by atoms with E-state index in [1.165, 1.54) is 4.90 Å². The average molecular weight is 268 g/mol. The SMILES string of the molecule is CN(CC(C)(C)C)C(=O)c1cc([N+](=O)[O-])ccc1F. The fraction of sp³-hybridized carbons (Fsp3) is 0.462. The van der Waals surface area contributed by atoms with Gasteiger partial charge in [0.05, 0.1) is 10.5 Å². The van der Waals surface area contributed by atoms with Crippen LogP contribution in [-0.2, 0) is 0 Å². The standard InChI is InChI=1S/C13H17FN2O3/c1-13(2,3)8-15(4)12(17)10-7-9(16(18)19)5-6-11(10)14/h5-7H,8H2,1-4H3. The van der Waals surface area contributed by atoms with Crippen LogP contribution in [0.3, 0.4) is 0 Å². The molecule has 0 saturated carbocycles. The van der Waals surface area contributed by atoms with Crippen LogP contribution in [0.5, 0.6) is 0 Å². The topological polar surface area (TPSA) is 63.5 Å². The zero-order valence-corrected chi connectivity index (χ0v) is 11.4. The lowest BCUT2D eigenvalue weighted by atomic mass is 9.96. The number of hydrogen-bond donors (Lipinski definition) is 0. The number of non-ortho nitro benzene ring substituents is 1. The second kappa shape index (κ2) is 5.34. The minimum Gasteiger partial charge on any atom is -0.341 e. The van der Waals surface area contributed by atoms with Gasteiger partial charge in [-0.05, 0) is 11.5 Å². The van der Waals surface area contributed by atoms with Crippen LogP contribution in [0.4, 0.5) is 10.1 Å². The van der Waals surface area contributed by atoms with Crippen LogP contribution in [0.2, 0.25) is 0 Å². The van der Waals surface area contributed by atoms with Crippen molar-refractivity contribution in [2.45, 2.75) is 20.8 Å². The van der Waals surface area contributed by atoms with E-state index < -0.39 is 16.6 Å². The van der Waals surface area contributed by atoms with E-state index in [1.807, 2.05) is 20.8 Å². The maximum atomic E-state index is 13.6. The van der Waals surface area contributed by atoms with Crippen molar-refractivity contribution in [3.63, 3.8) is 0 Å². The summed E-state index contributed by atoms with van der Waals surface area (Å²) in [4.78, 5) is 23.4. The molecule has 0 heterocycles. The first kappa shape index (κ1) is 15.1. The molecule has 5 nitrogen and oxygen atoms in total. The van der Waals surface area contributed by atoms with E-state index in [0.29, 0.717) is 6.54 Å². The Morgan fingerprint density at radius 3 is 2.47 bits per heavy atom. The predicted molar refractivity (Wildman–Crippen MR) is 69.5 cm³/mol. The molecule has 1 rings (SSSR count). The third-order valence-corrected chi connectivity index (χ3v) is 2.45. The van der Waals surface area contributed by atoms with E-state index in [4.69, 9.17) is 0 Å². The lowest BCUT2D eigenvalue weighted by Crippen LogP contribution is -2.35. The summed E-state index contributed by atoms with van der Waals surface area (Å²) in [6.45, 7) is 6.26. The molecule has 1 amide bonds. The molecule has 104 valence electrons. The molecule has 0 atom stereocenters. The van der Waals surface area contributed by atoms with Gasteiger partial charge in [-0.3, -0.25) is 14.9 Å². The third kappa shape index (κ3) is 4.01. The Morgan fingerprint density at radius 1 is 1.42 bits per heavy atom. The van der Waals surface area contributed by atoms with Gasteiger partial charge in [0, 0.05) is 25.7 Å². The monoisotopic (exact) mass is 268 g/mol. The van der Waals surface area contributed by atoms with Gasteiger partial charge in [-0.1, -0.05) is 20.8 Å². The van der Waals surface area contributed by atoms with Gasteiger partial charge in [0.15, 0.2) is 0 Å². The summed E-state index contributed by atoms with van der Waals surface area (Å²) in [7, 11) is 1.55. The molecule has 0 aliphatic carbocycles. The summed E-state index contributed by atoms with van der Waals surface area (Å²) in [5.41, 5.74) is -0.712. The number of amides is 1. The zero-order chi connectivity index (χ0) is 14.8. The molecule has 0 N–H and O–H groups in total. The fourth-order valence-corrected chi connectivity index (χ4v) is 1.78. The van der Waals surface area contributed by atoms with Gasteiger partial charge >= 0.3 is 0 Å². The highest BCUT2D eigenvalue weighted by Gasteiger charge is 2.23. The Kier molecular flexibility index (Phi) is 4.24. The summed E-state index contributed by atoms with van der Waals surface area (Å²) >= 11 is 0. The van der Waals surface area contributed by atoms with Crippen LogP contribution in [0.15, 0.2) is 18.2 Å². The van der Waals surface area contributed by atoms with E-state index in [1.54, 1.807) is 7.05 Å². The van der Waals surface area contributed by atoms with Crippen molar-refractivity contribution >= 4 is 11.6 Å². The lowest BCUT2D eigenvalue weighted by molar-refractivity contribution is -0.384. The summed E-state index contributed by atoms with van der Waals surface area (Å²) in [6, 6.07) is 2.95. The van der Waals surface area contributed by atoms with Gasteiger partial charge in [0.1, 0.15) is 5.82 Å². The molecule has 19 heavy (non-hydrogen) atoms. The molecule has 0 saturated heterocycles. The number of nitrogens with zero attached hydrogens (tertiary/aromatic N) is 2. The van der Waals surface area contributed by atoms with Crippen molar-refractivity contribution in [3.8, 4) is 0 Å². The number of carbonyl (C=O) groups is 1. The highest BCUT2D eigenvalue weighted by Crippen LogP contribution is 2.20. The Bertz CT molecular complexity index is 509. The number of hydrogen-bond acceptors (Lipinski definition) is 3. The molecular formula is C13H17FN2O3. The van der Waals surface area contributed by atoms with Gasteiger partial charge in [0.25, 0.3) is 11.6 Å². The minimum absolute atomic E-state index is 0.137. The Labute approximate surface area is 111 Å². The summed E-state index contributed by atoms with van der Waals surface area (Å²) in [5.74, 6) is -1.31. The molecule has 0 fully saturated rings. The fourth-order valence-electron chi connectivity index (χ4n) is 1.78. The van der Waals surface area contributed by atoms with Crippen molar-refractivity contribution in [2.75, 3.05) is 13.6 Å². The van der Waals surface area contributed by atoms with Crippen LogP contribution < -0.4 is 0 Å². The first-order valence-corrected chi connectivity index (χ1v) is 5.81. The van der Waals surface area contributed by atoms with E-state index in [2.05, 4.69) is 0 Å². The first-order chi connectivity index (χ1) is 8.61. The number of nitro groups is 1. The Hall–Kier alpha value is -1.98. The smallest absolute Gasteiger partial charge is 0.270 e. The summed E-state index contributed by atoms with van der Waals surface area (Å²) < 4.78 is 13.6. The van der Waals surface area contributed by atoms with Crippen LogP contribution in [0.1, 0.15) is 31.1 Å². The highest BCUT2D eigenvalue weighted by atomic mass is 19.1. The van der Waals surface area contributed by atoms with E-state index >= 15 is 0 Å². The molecule has 6 heteroatoms. The normalized spacial score (nSPS) is 11.2. The molecule has 0 bridgehead atoms. The number of rotatable bonds is 3. The molecule has 0 spiro atoms. The number of benzene rings is 1. The van der Waals surface area contributed by atoms with Crippen molar-refractivity contribution in [2.24, 2.45) is 5.41 Å². The van der Waals surface area contributed by atoms with Crippen LogP contribution in [0.25, 0.3) is 0 Å². The third-order valence-electron chi connectivity index (χ3n) is 2.45. The van der Waals surface area contributed by atoms with Gasteiger partial charge in [-0.25, -0.2) is 4.39 Å². The second-order valence-corrected chi connectivity index (χ2v) is 5.64. The Morgan fingerprint density at radius 2 is 2.00 bits per heavy atom. The van der Waals surface area contributed by atoms with E-state index in [-0.39, 0.29) is 16.7 Å². The molecular weight excluding hydrogens is 251 g/mol. The highest BCUT2D eigenvalue weighted by molar-refractivity contribution is 5.95.